The van der Waals surface area contributed by atoms with Crippen molar-refractivity contribution < 1.29 is 5.11 Å². The Morgan fingerprint density at radius 2 is 1.86 bits per heavy atom. The Labute approximate surface area is 126 Å². The molecule has 0 unspecified atom stereocenters. The van der Waals surface area contributed by atoms with E-state index in [1.54, 1.807) is 24.3 Å². The van der Waals surface area contributed by atoms with Crippen LogP contribution in [-0.2, 0) is 5.54 Å². The Kier molecular flexibility index (Phi) is 3.47. The zero-order chi connectivity index (χ0) is 15.0. The third-order valence-corrected chi connectivity index (χ3v) is 4.25. The smallest absolute Gasteiger partial charge is 0.262 e. The highest BCUT2D eigenvalue weighted by atomic mass is 35.5. The van der Waals surface area contributed by atoms with Crippen molar-refractivity contribution in [3.8, 4) is 17.0 Å². The van der Waals surface area contributed by atoms with Crippen LogP contribution in [0.25, 0.3) is 11.1 Å². The standard InChI is InChI=1S/C15H16ClN3O2/c16-10-5-3-9(4-6-10)11-12(20)18-14(19-13(11)21)15(17)7-1-2-8-15/h3-6H,1-2,7-8,17H2,(H2,18,19,20,21). The number of rotatable bonds is 2. The monoisotopic (exact) mass is 305 g/mol. The van der Waals surface area contributed by atoms with E-state index in [-0.39, 0.29) is 11.4 Å². The number of H-pyrrole nitrogens is 1. The number of nitrogens with one attached hydrogen (secondary N) is 1. The lowest BCUT2D eigenvalue weighted by Crippen LogP contribution is -2.37. The van der Waals surface area contributed by atoms with Crippen LogP contribution >= 0.6 is 11.6 Å². The van der Waals surface area contributed by atoms with Crippen molar-refractivity contribution in [1.29, 1.82) is 0 Å². The first-order valence-corrected chi connectivity index (χ1v) is 7.26. The van der Waals surface area contributed by atoms with Crippen molar-refractivity contribution in [2.45, 2.75) is 31.2 Å². The van der Waals surface area contributed by atoms with Gasteiger partial charge in [-0.1, -0.05) is 36.6 Å². The summed E-state index contributed by atoms with van der Waals surface area (Å²) in [5, 5.41) is 10.7. The number of benzene rings is 1. The summed E-state index contributed by atoms with van der Waals surface area (Å²) in [5.74, 6) is 0.0630. The third kappa shape index (κ3) is 2.54. The van der Waals surface area contributed by atoms with Crippen LogP contribution < -0.4 is 11.3 Å². The first-order valence-electron chi connectivity index (χ1n) is 6.88. The van der Waals surface area contributed by atoms with Crippen molar-refractivity contribution in [2.24, 2.45) is 5.73 Å². The van der Waals surface area contributed by atoms with E-state index in [4.69, 9.17) is 17.3 Å². The number of hydrogen-bond donors (Lipinski definition) is 3. The molecule has 1 saturated carbocycles. The number of nitrogens with zero attached hydrogens (tertiary/aromatic N) is 1. The van der Waals surface area contributed by atoms with E-state index in [2.05, 4.69) is 9.97 Å². The maximum Gasteiger partial charge on any atom is 0.262 e. The largest absolute Gasteiger partial charge is 0.493 e. The molecule has 110 valence electrons. The number of nitrogens with two attached hydrogens (primary N) is 1. The van der Waals surface area contributed by atoms with E-state index in [0.29, 0.717) is 16.4 Å². The maximum atomic E-state index is 12.3. The summed E-state index contributed by atoms with van der Waals surface area (Å²) in [5.41, 5.74) is 5.93. The minimum absolute atomic E-state index is 0.136. The van der Waals surface area contributed by atoms with Crippen molar-refractivity contribution in [1.82, 2.24) is 9.97 Å². The molecule has 0 atom stereocenters. The topological polar surface area (TPSA) is 92.0 Å². The number of hydrogen-bond acceptors (Lipinski definition) is 4. The van der Waals surface area contributed by atoms with Crippen LogP contribution in [0.5, 0.6) is 5.88 Å². The number of halogens is 1. The molecule has 21 heavy (non-hydrogen) atoms. The maximum absolute atomic E-state index is 12.3. The summed E-state index contributed by atoms with van der Waals surface area (Å²) in [4.78, 5) is 19.2. The van der Waals surface area contributed by atoms with Gasteiger partial charge in [0.25, 0.3) is 5.56 Å². The summed E-state index contributed by atoms with van der Waals surface area (Å²) < 4.78 is 0. The summed E-state index contributed by atoms with van der Waals surface area (Å²) in [6.07, 6.45) is 3.52. The van der Waals surface area contributed by atoms with Gasteiger partial charge in [0.15, 0.2) is 0 Å². The molecule has 3 rings (SSSR count). The Bertz CT molecular complexity index is 719. The van der Waals surface area contributed by atoms with E-state index in [1.807, 2.05) is 0 Å². The second-order valence-corrected chi connectivity index (χ2v) is 5.92. The highest BCUT2D eigenvalue weighted by Crippen LogP contribution is 2.35. The molecule has 0 aliphatic heterocycles. The normalized spacial score (nSPS) is 17.0. The quantitative estimate of drug-likeness (QED) is 0.795. The van der Waals surface area contributed by atoms with Gasteiger partial charge in [-0.15, -0.1) is 0 Å². The van der Waals surface area contributed by atoms with E-state index in [1.165, 1.54) is 0 Å². The van der Waals surface area contributed by atoms with Gasteiger partial charge in [0.1, 0.15) is 11.4 Å². The molecule has 1 aliphatic carbocycles. The van der Waals surface area contributed by atoms with Crippen molar-refractivity contribution in [2.75, 3.05) is 0 Å². The molecule has 0 saturated heterocycles. The van der Waals surface area contributed by atoms with E-state index >= 15 is 0 Å². The van der Waals surface area contributed by atoms with E-state index < -0.39 is 11.1 Å². The fraction of sp³-hybridized carbons (Fsp3) is 0.333. The molecule has 1 aromatic carbocycles. The minimum Gasteiger partial charge on any atom is -0.493 e. The predicted octanol–water partition coefficient (Wildman–Crippen LogP) is 2.52. The van der Waals surface area contributed by atoms with E-state index in [9.17, 15) is 9.90 Å². The van der Waals surface area contributed by atoms with Gasteiger partial charge in [-0.3, -0.25) is 4.79 Å². The van der Waals surface area contributed by atoms with Gasteiger partial charge >= 0.3 is 0 Å². The molecule has 0 spiro atoms. The zero-order valence-electron chi connectivity index (χ0n) is 11.4. The highest BCUT2D eigenvalue weighted by Gasteiger charge is 2.34. The molecule has 5 nitrogen and oxygen atoms in total. The van der Waals surface area contributed by atoms with Crippen LogP contribution in [0.15, 0.2) is 29.1 Å². The first-order chi connectivity index (χ1) is 9.99. The Morgan fingerprint density at radius 3 is 2.43 bits per heavy atom. The fourth-order valence-corrected chi connectivity index (χ4v) is 2.94. The molecule has 1 fully saturated rings. The van der Waals surface area contributed by atoms with Crippen molar-refractivity contribution in [3.05, 3.63) is 45.5 Å². The number of aromatic amines is 1. The summed E-state index contributed by atoms with van der Waals surface area (Å²) in [6.45, 7) is 0. The molecule has 4 N–H and O–H groups in total. The second kappa shape index (κ2) is 5.16. The molecule has 6 heteroatoms. The molecular weight excluding hydrogens is 290 g/mol. The molecular formula is C15H16ClN3O2. The van der Waals surface area contributed by atoms with Crippen LogP contribution in [0.2, 0.25) is 5.02 Å². The highest BCUT2D eigenvalue weighted by molar-refractivity contribution is 6.30. The molecule has 1 aromatic heterocycles. The Balaban J connectivity index is 2.08. The fourth-order valence-electron chi connectivity index (χ4n) is 2.82. The lowest BCUT2D eigenvalue weighted by molar-refractivity contribution is 0.402. The molecule has 1 aliphatic rings. The molecule has 1 heterocycles. The van der Waals surface area contributed by atoms with Crippen LogP contribution in [0.1, 0.15) is 31.5 Å². The predicted molar refractivity (Wildman–Crippen MR) is 81.3 cm³/mol. The molecule has 2 aromatic rings. The van der Waals surface area contributed by atoms with Crippen LogP contribution in [-0.4, -0.2) is 15.1 Å². The zero-order valence-corrected chi connectivity index (χ0v) is 12.2. The second-order valence-electron chi connectivity index (χ2n) is 5.48. The lowest BCUT2D eigenvalue weighted by Gasteiger charge is -2.22. The number of aromatic nitrogens is 2. The van der Waals surface area contributed by atoms with Gasteiger partial charge in [0.2, 0.25) is 5.88 Å². The van der Waals surface area contributed by atoms with Gasteiger partial charge in [-0.25, -0.2) is 0 Å². The summed E-state index contributed by atoms with van der Waals surface area (Å²) in [6, 6.07) is 6.65. The van der Waals surface area contributed by atoms with E-state index in [0.717, 1.165) is 25.7 Å². The van der Waals surface area contributed by atoms with Crippen LogP contribution in [0, 0.1) is 0 Å². The molecule has 0 radical (unpaired) electrons. The van der Waals surface area contributed by atoms with Gasteiger partial charge < -0.3 is 15.8 Å². The molecule has 0 amide bonds. The lowest BCUT2D eigenvalue weighted by atomic mass is 9.98. The first kappa shape index (κ1) is 14.1. The van der Waals surface area contributed by atoms with Crippen molar-refractivity contribution in [3.63, 3.8) is 0 Å². The number of aromatic hydroxyl groups is 1. The van der Waals surface area contributed by atoms with Crippen LogP contribution in [0.4, 0.5) is 0 Å². The van der Waals surface area contributed by atoms with Crippen LogP contribution in [0.3, 0.4) is 0 Å². The van der Waals surface area contributed by atoms with Gasteiger partial charge in [0, 0.05) is 5.02 Å². The van der Waals surface area contributed by atoms with Gasteiger partial charge in [-0.05, 0) is 30.5 Å². The van der Waals surface area contributed by atoms with Gasteiger partial charge in [0.05, 0.1) is 5.54 Å². The SMILES string of the molecule is NC1(c2nc(O)c(-c3ccc(Cl)cc3)c(=O)[nH]2)CCCC1. The van der Waals surface area contributed by atoms with Crippen molar-refractivity contribution >= 4 is 11.6 Å². The molecule has 0 bridgehead atoms. The Hall–Kier alpha value is -1.85. The average molecular weight is 306 g/mol. The average Bonchev–Trinajstić information content (AvgIpc) is 2.88. The Morgan fingerprint density at radius 1 is 1.24 bits per heavy atom. The summed E-state index contributed by atoms with van der Waals surface area (Å²) >= 11 is 5.83. The van der Waals surface area contributed by atoms with Gasteiger partial charge in [-0.2, -0.15) is 4.98 Å². The minimum atomic E-state index is -0.644. The third-order valence-electron chi connectivity index (χ3n) is 4.00. The summed E-state index contributed by atoms with van der Waals surface area (Å²) in [7, 11) is 0.